The van der Waals surface area contributed by atoms with Gasteiger partial charge in [-0.05, 0) is 31.6 Å². The average molecular weight is 402 g/mol. The lowest BCUT2D eigenvalue weighted by Crippen LogP contribution is -2.57. The van der Waals surface area contributed by atoms with Gasteiger partial charge in [-0.3, -0.25) is 19.2 Å². The van der Waals surface area contributed by atoms with E-state index in [9.17, 15) is 24.3 Å². The molecule has 0 heterocycles. The number of aliphatic hydroxyl groups is 1. The van der Waals surface area contributed by atoms with Crippen molar-refractivity contribution in [3.05, 3.63) is 0 Å². The van der Waals surface area contributed by atoms with Gasteiger partial charge in [-0.25, -0.2) is 0 Å². The summed E-state index contributed by atoms with van der Waals surface area (Å²) >= 11 is 0. The molecule has 0 saturated heterocycles. The Kier molecular flexibility index (Phi) is 11.3. The fourth-order valence-corrected chi connectivity index (χ4v) is 2.45. The van der Waals surface area contributed by atoms with Gasteiger partial charge < -0.3 is 31.9 Å². The molecule has 0 saturated carbocycles. The Morgan fingerprint density at radius 2 is 1.25 bits per heavy atom. The van der Waals surface area contributed by atoms with E-state index in [4.69, 9.17) is 10.8 Å². The van der Waals surface area contributed by atoms with E-state index < -0.39 is 54.5 Å². The number of hydrogen-bond acceptors (Lipinski definition) is 6. The lowest BCUT2D eigenvalue weighted by atomic mass is 9.99. The van der Waals surface area contributed by atoms with E-state index in [0.717, 1.165) is 0 Å². The molecule has 0 aliphatic rings. The third kappa shape index (κ3) is 10.2. The normalized spacial score (nSPS) is 15.5. The number of aliphatic carboxylic acids is 1. The summed E-state index contributed by atoms with van der Waals surface area (Å²) in [7, 11) is 0. The standard InChI is InChI=1S/C18H34N4O6/c1-9(2)6-12(16(26)20-8-14(24)25)21-17(27)13(7-10(3)4)22-18(28)15(19)11(5)23/h9-13,15,23H,6-8,19H2,1-5H3,(H,20,26)(H,21,27)(H,22,28)(H,24,25). The van der Waals surface area contributed by atoms with Gasteiger partial charge in [0.15, 0.2) is 0 Å². The maximum atomic E-state index is 12.7. The van der Waals surface area contributed by atoms with Crippen molar-refractivity contribution in [3.8, 4) is 0 Å². The number of rotatable bonds is 12. The van der Waals surface area contributed by atoms with Gasteiger partial charge in [0.25, 0.3) is 0 Å². The van der Waals surface area contributed by atoms with Gasteiger partial charge in [0, 0.05) is 0 Å². The SMILES string of the molecule is CC(C)CC(NC(=O)C(CC(C)C)NC(=O)C(N)C(C)O)C(=O)NCC(=O)O. The van der Waals surface area contributed by atoms with Crippen molar-refractivity contribution in [3.63, 3.8) is 0 Å². The largest absolute Gasteiger partial charge is 0.480 e. The maximum Gasteiger partial charge on any atom is 0.322 e. The molecule has 10 heteroatoms. The molecule has 0 aromatic rings. The molecular weight excluding hydrogens is 368 g/mol. The molecule has 0 bridgehead atoms. The number of amides is 3. The van der Waals surface area contributed by atoms with Gasteiger partial charge in [0.05, 0.1) is 6.10 Å². The zero-order valence-electron chi connectivity index (χ0n) is 17.2. The van der Waals surface area contributed by atoms with Crippen LogP contribution in [0.5, 0.6) is 0 Å². The summed E-state index contributed by atoms with van der Waals surface area (Å²) in [6.45, 7) is 8.27. The van der Waals surface area contributed by atoms with E-state index in [-0.39, 0.29) is 11.8 Å². The first-order valence-corrected chi connectivity index (χ1v) is 9.39. The number of hydrogen-bond donors (Lipinski definition) is 6. The summed E-state index contributed by atoms with van der Waals surface area (Å²) in [5.74, 6) is -2.94. The highest BCUT2D eigenvalue weighted by Gasteiger charge is 2.30. The second kappa shape index (κ2) is 12.3. The van der Waals surface area contributed by atoms with Crippen molar-refractivity contribution in [1.29, 1.82) is 0 Å². The van der Waals surface area contributed by atoms with Crippen LogP contribution in [0.25, 0.3) is 0 Å². The second-order valence-electron chi connectivity index (χ2n) is 7.76. The molecule has 4 atom stereocenters. The van der Waals surface area contributed by atoms with Crippen molar-refractivity contribution >= 4 is 23.7 Å². The third-order valence-corrected chi connectivity index (χ3v) is 3.92. The average Bonchev–Trinajstić information content (AvgIpc) is 2.56. The number of nitrogens with one attached hydrogen (secondary N) is 3. The van der Waals surface area contributed by atoms with Gasteiger partial charge in [0.2, 0.25) is 17.7 Å². The summed E-state index contributed by atoms with van der Waals surface area (Å²) in [6.07, 6.45) is -0.486. The minimum absolute atomic E-state index is 0.0580. The fraction of sp³-hybridized carbons (Fsp3) is 0.778. The Morgan fingerprint density at radius 3 is 1.64 bits per heavy atom. The van der Waals surface area contributed by atoms with Crippen LogP contribution in [0.4, 0.5) is 0 Å². The molecule has 28 heavy (non-hydrogen) atoms. The van der Waals surface area contributed by atoms with Crippen LogP contribution in [0.1, 0.15) is 47.5 Å². The Hall–Kier alpha value is -2.20. The molecule has 4 unspecified atom stereocenters. The fourth-order valence-electron chi connectivity index (χ4n) is 2.45. The number of carbonyl (C=O) groups excluding carboxylic acids is 3. The Bertz CT molecular complexity index is 550. The quantitative estimate of drug-likeness (QED) is 0.242. The predicted octanol–water partition coefficient (Wildman–Crippen LogP) is -1.04. The molecule has 0 rings (SSSR count). The Labute approximate surface area is 165 Å². The van der Waals surface area contributed by atoms with Crippen LogP contribution in [-0.4, -0.2) is 64.7 Å². The highest BCUT2D eigenvalue weighted by molar-refractivity contribution is 5.93. The molecule has 0 radical (unpaired) electrons. The van der Waals surface area contributed by atoms with Crippen LogP contribution in [0.3, 0.4) is 0 Å². The summed E-state index contributed by atoms with van der Waals surface area (Å²) in [6, 6.07) is -3.07. The lowest BCUT2D eigenvalue weighted by Gasteiger charge is -2.26. The van der Waals surface area contributed by atoms with Crippen LogP contribution in [0.15, 0.2) is 0 Å². The molecule has 10 nitrogen and oxygen atoms in total. The van der Waals surface area contributed by atoms with Crippen molar-refractivity contribution < 1.29 is 29.4 Å². The molecule has 0 aliphatic carbocycles. The van der Waals surface area contributed by atoms with E-state index in [0.29, 0.717) is 12.8 Å². The topological polar surface area (TPSA) is 171 Å². The number of aliphatic hydroxyl groups excluding tert-OH is 1. The van der Waals surface area contributed by atoms with Crippen LogP contribution >= 0.6 is 0 Å². The minimum atomic E-state index is -1.19. The molecule has 162 valence electrons. The molecular formula is C18H34N4O6. The molecule has 0 spiro atoms. The van der Waals surface area contributed by atoms with E-state index in [1.165, 1.54) is 6.92 Å². The monoisotopic (exact) mass is 402 g/mol. The second-order valence-corrected chi connectivity index (χ2v) is 7.76. The Balaban J connectivity index is 5.25. The summed E-state index contributed by atoms with van der Waals surface area (Å²) in [5, 5.41) is 25.5. The first kappa shape index (κ1) is 25.8. The van der Waals surface area contributed by atoms with Crippen molar-refractivity contribution in [1.82, 2.24) is 16.0 Å². The number of carbonyl (C=O) groups is 4. The van der Waals surface area contributed by atoms with Crippen LogP contribution in [0.2, 0.25) is 0 Å². The summed E-state index contributed by atoms with van der Waals surface area (Å²) in [5.41, 5.74) is 5.61. The first-order chi connectivity index (χ1) is 12.8. The van der Waals surface area contributed by atoms with Crippen molar-refractivity contribution in [2.75, 3.05) is 6.54 Å². The minimum Gasteiger partial charge on any atom is -0.480 e. The van der Waals surface area contributed by atoms with Gasteiger partial charge in [-0.1, -0.05) is 27.7 Å². The van der Waals surface area contributed by atoms with E-state index >= 15 is 0 Å². The first-order valence-electron chi connectivity index (χ1n) is 9.39. The molecule has 7 N–H and O–H groups in total. The van der Waals surface area contributed by atoms with E-state index in [1.807, 2.05) is 27.7 Å². The van der Waals surface area contributed by atoms with Gasteiger partial charge in [-0.15, -0.1) is 0 Å². The Morgan fingerprint density at radius 1 is 0.821 bits per heavy atom. The van der Waals surface area contributed by atoms with Gasteiger partial charge in [0.1, 0.15) is 24.7 Å². The van der Waals surface area contributed by atoms with Gasteiger partial charge in [-0.2, -0.15) is 0 Å². The van der Waals surface area contributed by atoms with E-state index in [2.05, 4.69) is 16.0 Å². The van der Waals surface area contributed by atoms with Gasteiger partial charge >= 0.3 is 5.97 Å². The molecule has 0 aliphatic heterocycles. The predicted molar refractivity (Wildman–Crippen MR) is 103 cm³/mol. The highest BCUT2D eigenvalue weighted by Crippen LogP contribution is 2.09. The molecule has 3 amide bonds. The number of carboxylic acids is 1. The molecule has 0 fully saturated rings. The molecule has 0 aromatic carbocycles. The number of carboxylic acid groups (broad SMARTS) is 1. The zero-order chi connectivity index (χ0) is 22.0. The van der Waals surface area contributed by atoms with Crippen LogP contribution in [-0.2, 0) is 19.2 Å². The zero-order valence-corrected chi connectivity index (χ0v) is 17.2. The van der Waals surface area contributed by atoms with Crippen LogP contribution in [0, 0.1) is 11.8 Å². The van der Waals surface area contributed by atoms with E-state index in [1.54, 1.807) is 0 Å². The molecule has 0 aromatic heterocycles. The number of nitrogens with two attached hydrogens (primary N) is 1. The van der Waals surface area contributed by atoms with Crippen molar-refractivity contribution in [2.24, 2.45) is 17.6 Å². The smallest absolute Gasteiger partial charge is 0.322 e. The highest BCUT2D eigenvalue weighted by atomic mass is 16.4. The summed E-state index contributed by atoms with van der Waals surface area (Å²) < 4.78 is 0. The summed E-state index contributed by atoms with van der Waals surface area (Å²) in [4.78, 5) is 47.8. The van der Waals surface area contributed by atoms with Crippen LogP contribution < -0.4 is 21.7 Å². The lowest BCUT2D eigenvalue weighted by molar-refractivity contribution is -0.138. The maximum absolute atomic E-state index is 12.7. The van der Waals surface area contributed by atoms with Crippen molar-refractivity contribution in [2.45, 2.75) is 71.7 Å². The third-order valence-electron chi connectivity index (χ3n) is 3.92.